The van der Waals surface area contributed by atoms with Crippen LogP contribution >= 0.6 is 12.2 Å². The van der Waals surface area contributed by atoms with Gasteiger partial charge in [-0.1, -0.05) is 0 Å². The second-order valence-electron chi connectivity index (χ2n) is 2.07. The van der Waals surface area contributed by atoms with E-state index in [9.17, 15) is 0 Å². The van der Waals surface area contributed by atoms with Crippen LogP contribution in [0.3, 0.4) is 0 Å². The minimum Gasteiger partial charge on any atom is -0.355 e. The Bertz CT molecular complexity index is 83.0. The van der Waals surface area contributed by atoms with Crippen molar-refractivity contribution in [3.63, 3.8) is 0 Å². The van der Waals surface area contributed by atoms with Crippen LogP contribution in [0.5, 0.6) is 0 Å². The molecule has 0 aliphatic rings. The van der Waals surface area contributed by atoms with Crippen LogP contribution in [-0.2, 0) is 19.5 Å². The Kier molecular flexibility index (Phi) is 6.85. The van der Waals surface area contributed by atoms with Gasteiger partial charge in [0.1, 0.15) is 0 Å². The van der Waals surface area contributed by atoms with Gasteiger partial charge in [0.05, 0.1) is 0 Å². The van der Waals surface area contributed by atoms with Crippen LogP contribution in [0.1, 0.15) is 0 Å². The molecule has 0 aromatic heterocycles. The van der Waals surface area contributed by atoms with E-state index in [-0.39, 0.29) is 19.5 Å². The number of hydrogen-bond acceptors (Lipinski definition) is 1. The molecule has 0 heterocycles. The summed E-state index contributed by atoms with van der Waals surface area (Å²) in [5.74, 6) is 0. The van der Waals surface area contributed by atoms with Gasteiger partial charge in [0.25, 0.3) is 0 Å². The molecule has 0 saturated carbocycles. The minimum absolute atomic E-state index is 0. The summed E-state index contributed by atoms with van der Waals surface area (Å²) in [6.45, 7) is 0. The van der Waals surface area contributed by atoms with Gasteiger partial charge in [-0.05, 0) is 12.2 Å². The molecule has 0 amide bonds. The third kappa shape index (κ3) is 4.79. The molecule has 0 unspecified atom stereocenters. The number of nitrogens with zero attached hydrogens (tertiary/aromatic N) is 2. The zero-order valence-electron chi connectivity index (χ0n) is 6.51. The average Bonchev–Trinajstić information content (AvgIpc) is 1.64. The third-order valence-electron chi connectivity index (χ3n) is 0.765. The van der Waals surface area contributed by atoms with Crippen molar-refractivity contribution in [3.8, 4) is 0 Å². The molecule has 0 N–H and O–H groups in total. The van der Waals surface area contributed by atoms with Crippen LogP contribution in [0, 0.1) is 0 Å². The van der Waals surface area contributed by atoms with Gasteiger partial charge in [-0.15, -0.1) is 0 Å². The first-order valence-electron chi connectivity index (χ1n) is 2.44. The fraction of sp³-hybridized carbons (Fsp3) is 0.800. The van der Waals surface area contributed by atoms with Crippen molar-refractivity contribution in [1.82, 2.24) is 9.80 Å². The fourth-order valence-electron chi connectivity index (χ4n) is 0.400. The number of rotatable bonds is 0. The molecule has 0 aromatic carbocycles. The van der Waals surface area contributed by atoms with E-state index >= 15 is 0 Å². The summed E-state index contributed by atoms with van der Waals surface area (Å²) in [4.78, 5) is 3.80. The van der Waals surface area contributed by atoms with E-state index in [0.717, 1.165) is 5.11 Å². The zero-order chi connectivity index (χ0) is 6.73. The van der Waals surface area contributed by atoms with Crippen molar-refractivity contribution < 1.29 is 19.5 Å². The summed E-state index contributed by atoms with van der Waals surface area (Å²) in [5, 5.41) is 0.852. The summed E-state index contributed by atoms with van der Waals surface area (Å²) in [7, 11) is 7.73. The molecule has 0 saturated heterocycles. The summed E-state index contributed by atoms with van der Waals surface area (Å²) < 4.78 is 0. The standard InChI is InChI=1S/C5H12N2S.Zn/c1-6(2)5(8)7(3)4;/h1-4H3;. The fourth-order valence-corrected chi connectivity index (χ4v) is 0.400. The van der Waals surface area contributed by atoms with Crippen molar-refractivity contribution >= 4 is 17.3 Å². The summed E-state index contributed by atoms with van der Waals surface area (Å²) in [6, 6.07) is 0. The summed E-state index contributed by atoms with van der Waals surface area (Å²) in [5.41, 5.74) is 0. The largest absolute Gasteiger partial charge is 0.355 e. The minimum atomic E-state index is 0. The molecule has 0 aromatic rings. The van der Waals surface area contributed by atoms with Crippen molar-refractivity contribution in [2.24, 2.45) is 0 Å². The van der Waals surface area contributed by atoms with Crippen molar-refractivity contribution in [2.75, 3.05) is 28.2 Å². The van der Waals surface area contributed by atoms with Gasteiger partial charge in [0.15, 0.2) is 5.11 Å². The Labute approximate surface area is 75.0 Å². The monoisotopic (exact) mass is 196 g/mol. The Hall–Kier alpha value is 0.313. The molecule has 2 nitrogen and oxygen atoms in total. The quantitative estimate of drug-likeness (QED) is 0.410. The van der Waals surface area contributed by atoms with Crippen LogP contribution in [0.2, 0.25) is 0 Å². The molecule has 50 valence electrons. The normalized spacial score (nSPS) is 7.56. The van der Waals surface area contributed by atoms with E-state index in [1.165, 1.54) is 0 Å². The maximum absolute atomic E-state index is 4.95. The molecule has 0 aliphatic heterocycles. The first kappa shape index (κ1) is 12.0. The molecule has 0 bridgehead atoms. The van der Waals surface area contributed by atoms with Crippen molar-refractivity contribution in [3.05, 3.63) is 0 Å². The van der Waals surface area contributed by atoms with Crippen LogP contribution in [0.4, 0.5) is 0 Å². The Morgan fingerprint density at radius 2 is 1.22 bits per heavy atom. The van der Waals surface area contributed by atoms with Gasteiger partial charge in [-0.3, -0.25) is 0 Å². The maximum atomic E-state index is 4.95. The first-order valence-corrected chi connectivity index (χ1v) is 2.85. The predicted octanol–water partition coefficient (Wildman–Crippen LogP) is 0.392. The Morgan fingerprint density at radius 3 is 1.22 bits per heavy atom. The van der Waals surface area contributed by atoms with Gasteiger partial charge in [0, 0.05) is 47.7 Å². The topological polar surface area (TPSA) is 6.48 Å². The molecule has 0 atom stereocenters. The molecule has 0 radical (unpaired) electrons. The second-order valence-corrected chi connectivity index (χ2v) is 2.44. The average molecular weight is 198 g/mol. The molecule has 0 fully saturated rings. The van der Waals surface area contributed by atoms with E-state index in [1.807, 2.05) is 38.0 Å². The van der Waals surface area contributed by atoms with Gasteiger partial charge in [-0.25, -0.2) is 0 Å². The molecule has 0 rings (SSSR count). The first-order chi connectivity index (χ1) is 3.55. The van der Waals surface area contributed by atoms with E-state index in [4.69, 9.17) is 12.2 Å². The SMILES string of the molecule is CN(C)C(=S)N(C)C.[Zn]. The molecular formula is C5H12N2SZn. The molecule has 4 heteroatoms. The van der Waals surface area contributed by atoms with Crippen LogP contribution in [0.25, 0.3) is 0 Å². The molecule has 0 spiro atoms. The summed E-state index contributed by atoms with van der Waals surface area (Å²) >= 11 is 4.95. The Balaban J connectivity index is 0. The van der Waals surface area contributed by atoms with E-state index in [0.29, 0.717) is 0 Å². The van der Waals surface area contributed by atoms with Crippen molar-refractivity contribution in [2.45, 2.75) is 0 Å². The Morgan fingerprint density at radius 1 is 1.00 bits per heavy atom. The molecule has 0 aliphatic carbocycles. The zero-order valence-corrected chi connectivity index (χ0v) is 10.3. The van der Waals surface area contributed by atoms with Gasteiger partial charge in [0.2, 0.25) is 0 Å². The number of thiocarbonyl (C=S) groups is 1. The predicted molar refractivity (Wildman–Crippen MR) is 40.0 cm³/mol. The summed E-state index contributed by atoms with van der Waals surface area (Å²) in [6.07, 6.45) is 0. The molecule has 9 heavy (non-hydrogen) atoms. The van der Waals surface area contributed by atoms with Gasteiger partial charge >= 0.3 is 0 Å². The maximum Gasteiger partial charge on any atom is 0.170 e. The van der Waals surface area contributed by atoms with E-state index in [2.05, 4.69) is 0 Å². The van der Waals surface area contributed by atoms with Gasteiger partial charge in [-0.2, -0.15) is 0 Å². The number of hydrogen-bond donors (Lipinski definition) is 0. The second kappa shape index (κ2) is 5.13. The molecular weight excluding hydrogens is 186 g/mol. The third-order valence-corrected chi connectivity index (χ3v) is 1.50. The van der Waals surface area contributed by atoms with E-state index in [1.54, 1.807) is 0 Å². The van der Waals surface area contributed by atoms with Crippen LogP contribution in [-0.4, -0.2) is 43.1 Å². The van der Waals surface area contributed by atoms with E-state index < -0.39 is 0 Å². The van der Waals surface area contributed by atoms with Crippen LogP contribution in [0.15, 0.2) is 0 Å². The smallest absolute Gasteiger partial charge is 0.170 e. The van der Waals surface area contributed by atoms with Gasteiger partial charge < -0.3 is 9.80 Å². The van der Waals surface area contributed by atoms with Crippen LogP contribution < -0.4 is 0 Å². The van der Waals surface area contributed by atoms with Crippen molar-refractivity contribution in [1.29, 1.82) is 0 Å².